The van der Waals surface area contributed by atoms with Crippen LogP contribution in [-0.2, 0) is 0 Å². The highest BCUT2D eigenvalue weighted by Crippen LogP contribution is 2.63. The average Bonchev–Trinajstić information content (AvgIpc) is 2.35. The molecular weight excluding hydrogens is 272 g/mol. The maximum Gasteiger partial charge on any atom is 0.0797 e. The zero-order valence-corrected chi connectivity index (χ0v) is 15.3. The van der Waals surface area contributed by atoms with Crippen molar-refractivity contribution < 1.29 is 10.2 Å². The summed E-state index contributed by atoms with van der Waals surface area (Å²) in [5.41, 5.74) is -0.900. The van der Waals surface area contributed by atoms with Crippen molar-refractivity contribution >= 4 is 0 Å². The summed E-state index contributed by atoms with van der Waals surface area (Å²) in [6, 6.07) is 0. The van der Waals surface area contributed by atoms with Gasteiger partial charge in [0, 0.05) is 0 Å². The second-order valence-corrected chi connectivity index (χ2v) is 9.45. The van der Waals surface area contributed by atoms with Gasteiger partial charge in [-0.1, -0.05) is 33.3 Å². The van der Waals surface area contributed by atoms with E-state index in [-0.39, 0.29) is 11.3 Å². The Balaban J connectivity index is 2.28. The van der Waals surface area contributed by atoms with Crippen molar-refractivity contribution in [3.8, 4) is 0 Å². The van der Waals surface area contributed by atoms with E-state index in [1.165, 1.54) is 19.3 Å². The first-order valence-corrected chi connectivity index (χ1v) is 9.03. The lowest BCUT2D eigenvalue weighted by atomic mass is 9.45. The molecule has 0 saturated heterocycles. The predicted molar refractivity (Wildman–Crippen MR) is 92.6 cm³/mol. The lowest BCUT2D eigenvalue weighted by Crippen LogP contribution is -2.57. The summed E-state index contributed by atoms with van der Waals surface area (Å²) in [5, 5.41) is 21.4. The summed E-state index contributed by atoms with van der Waals surface area (Å²) in [6.07, 6.45) is 8.96. The number of aliphatic hydroxyl groups is 2. The van der Waals surface area contributed by atoms with E-state index in [1.807, 2.05) is 13.8 Å². The Morgan fingerprint density at radius 1 is 1.18 bits per heavy atom. The van der Waals surface area contributed by atoms with Gasteiger partial charge in [0.05, 0.1) is 11.2 Å². The van der Waals surface area contributed by atoms with Crippen molar-refractivity contribution in [3.63, 3.8) is 0 Å². The molecule has 2 saturated carbocycles. The van der Waals surface area contributed by atoms with Crippen molar-refractivity contribution in [2.45, 2.75) is 90.8 Å². The normalized spacial score (nSPS) is 44.0. The van der Waals surface area contributed by atoms with E-state index in [0.717, 1.165) is 19.3 Å². The van der Waals surface area contributed by atoms with E-state index >= 15 is 0 Å². The summed E-state index contributed by atoms with van der Waals surface area (Å²) in [7, 11) is 0. The molecule has 2 nitrogen and oxygen atoms in total. The molecule has 128 valence electrons. The van der Waals surface area contributed by atoms with Crippen LogP contribution in [0.1, 0.15) is 79.6 Å². The van der Waals surface area contributed by atoms with Crippen LogP contribution in [0.15, 0.2) is 12.7 Å². The Kier molecular flexibility index (Phi) is 4.61. The Bertz CT molecular complexity index is 421. The monoisotopic (exact) mass is 308 g/mol. The molecule has 2 aliphatic carbocycles. The summed E-state index contributed by atoms with van der Waals surface area (Å²) < 4.78 is 0. The summed E-state index contributed by atoms with van der Waals surface area (Å²) in [5.74, 6) is 0.928. The Hall–Kier alpha value is -0.340. The second kappa shape index (κ2) is 5.63. The van der Waals surface area contributed by atoms with Crippen molar-refractivity contribution in [1.29, 1.82) is 0 Å². The van der Waals surface area contributed by atoms with Crippen LogP contribution in [0, 0.1) is 22.7 Å². The van der Waals surface area contributed by atoms with Gasteiger partial charge in [0.25, 0.3) is 0 Å². The molecule has 0 aromatic rings. The fourth-order valence-corrected chi connectivity index (χ4v) is 5.80. The van der Waals surface area contributed by atoms with E-state index in [9.17, 15) is 10.2 Å². The molecule has 0 spiro atoms. The minimum atomic E-state index is -0.830. The highest BCUT2D eigenvalue weighted by Gasteiger charge is 2.57. The number of fused-ring (bicyclic) bond motifs is 1. The zero-order chi connectivity index (χ0) is 16.8. The fourth-order valence-electron chi connectivity index (χ4n) is 5.80. The summed E-state index contributed by atoms with van der Waals surface area (Å²) in [6.45, 7) is 14.8. The molecule has 2 aliphatic rings. The molecule has 0 heterocycles. The summed E-state index contributed by atoms with van der Waals surface area (Å²) >= 11 is 0. The molecule has 2 N–H and O–H groups in total. The minimum absolute atomic E-state index is 0.181. The van der Waals surface area contributed by atoms with Crippen LogP contribution in [0.4, 0.5) is 0 Å². The van der Waals surface area contributed by atoms with Gasteiger partial charge >= 0.3 is 0 Å². The quantitative estimate of drug-likeness (QED) is 0.739. The molecule has 22 heavy (non-hydrogen) atoms. The van der Waals surface area contributed by atoms with E-state index in [0.29, 0.717) is 17.8 Å². The third kappa shape index (κ3) is 3.14. The van der Waals surface area contributed by atoms with E-state index in [2.05, 4.69) is 27.4 Å². The molecule has 0 aromatic heterocycles. The minimum Gasteiger partial charge on any atom is -0.390 e. The molecular formula is C20H36O2. The van der Waals surface area contributed by atoms with Gasteiger partial charge in [0.2, 0.25) is 0 Å². The standard InChI is InChI=1S/C20H36O2/c1-7-18(4,21)13-9-16-19(5)12-8-11-17(2,3)15(19)10-14-20(16,6)22/h7,15-16,21-22H,1,8-14H2,2-6H3/t15-,16-,18-,19+,20+/m1/s1. The van der Waals surface area contributed by atoms with Crippen LogP contribution in [0.3, 0.4) is 0 Å². The van der Waals surface area contributed by atoms with Crippen molar-refractivity contribution in [2.75, 3.05) is 0 Å². The molecule has 0 amide bonds. The number of hydrogen-bond donors (Lipinski definition) is 2. The predicted octanol–water partition coefficient (Wildman–Crippen LogP) is 4.70. The Morgan fingerprint density at radius 3 is 2.41 bits per heavy atom. The second-order valence-electron chi connectivity index (χ2n) is 9.45. The van der Waals surface area contributed by atoms with Gasteiger partial charge in [-0.3, -0.25) is 0 Å². The van der Waals surface area contributed by atoms with Gasteiger partial charge in [-0.05, 0) is 75.0 Å². The zero-order valence-electron chi connectivity index (χ0n) is 15.3. The molecule has 2 heteroatoms. The lowest BCUT2D eigenvalue weighted by molar-refractivity contribution is -0.171. The molecule has 0 aromatic carbocycles. The fraction of sp³-hybridized carbons (Fsp3) is 0.900. The van der Waals surface area contributed by atoms with Crippen LogP contribution in [-0.4, -0.2) is 21.4 Å². The van der Waals surface area contributed by atoms with Gasteiger partial charge in [-0.15, -0.1) is 6.58 Å². The average molecular weight is 309 g/mol. The summed E-state index contributed by atoms with van der Waals surface area (Å²) in [4.78, 5) is 0. The van der Waals surface area contributed by atoms with E-state index in [4.69, 9.17) is 0 Å². The third-order valence-electron chi connectivity index (χ3n) is 7.14. The van der Waals surface area contributed by atoms with E-state index in [1.54, 1.807) is 6.08 Å². The molecule has 5 atom stereocenters. The maximum atomic E-state index is 11.1. The molecule has 0 bridgehead atoms. The first-order valence-electron chi connectivity index (χ1n) is 9.03. The first kappa shape index (κ1) is 18.0. The van der Waals surface area contributed by atoms with Crippen molar-refractivity contribution in [3.05, 3.63) is 12.7 Å². The van der Waals surface area contributed by atoms with Crippen LogP contribution in [0.2, 0.25) is 0 Å². The van der Waals surface area contributed by atoms with Crippen LogP contribution >= 0.6 is 0 Å². The van der Waals surface area contributed by atoms with Gasteiger partial charge in [0.1, 0.15) is 0 Å². The SMILES string of the molecule is C=C[C@@](C)(O)CC[C@@H]1[C@@]2(C)CCCC(C)(C)[C@H]2CC[C@]1(C)O. The molecule has 0 radical (unpaired) electrons. The maximum absolute atomic E-state index is 11.1. The first-order chi connectivity index (χ1) is 9.95. The van der Waals surface area contributed by atoms with Gasteiger partial charge in [-0.2, -0.15) is 0 Å². The Labute approximate surface area is 137 Å². The molecule has 2 rings (SSSR count). The van der Waals surface area contributed by atoms with E-state index < -0.39 is 11.2 Å². The third-order valence-corrected chi connectivity index (χ3v) is 7.14. The highest BCUT2D eigenvalue weighted by molar-refractivity contribution is 5.08. The van der Waals surface area contributed by atoms with Crippen LogP contribution < -0.4 is 0 Å². The highest BCUT2D eigenvalue weighted by atomic mass is 16.3. The molecule has 0 aliphatic heterocycles. The van der Waals surface area contributed by atoms with Gasteiger partial charge < -0.3 is 10.2 Å². The lowest BCUT2D eigenvalue weighted by Gasteiger charge is -2.61. The van der Waals surface area contributed by atoms with Crippen molar-refractivity contribution in [1.82, 2.24) is 0 Å². The van der Waals surface area contributed by atoms with Crippen LogP contribution in [0.25, 0.3) is 0 Å². The number of hydrogen-bond acceptors (Lipinski definition) is 2. The molecule has 2 fully saturated rings. The van der Waals surface area contributed by atoms with Crippen LogP contribution in [0.5, 0.6) is 0 Å². The topological polar surface area (TPSA) is 40.5 Å². The number of rotatable bonds is 4. The van der Waals surface area contributed by atoms with Crippen molar-refractivity contribution in [2.24, 2.45) is 22.7 Å². The largest absolute Gasteiger partial charge is 0.390 e. The molecule has 0 unspecified atom stereocenters. The Morgan fingerprint density at radius 2 is 1.82 bits per heavy atom. The smallest absolute Gasteiger partial charge is 0.0797 e. The van der Waals surface area contributed by atoms with Gasteiger partial charge in [-0.25, -0.2) is 0 Å². The van der Waals surface area contributed by atoms with Gasteiger partial charge in [0.15, 0.2) is 0 Å².